The van der Waals surface area contributed by atoms with Crippen LogP contribution in [0.2, 0.25) is 0 Å². The molecule has 0 bridgehead atoms. The summed E-state index contributed by atoms with van der Waals surface area (Å²) in [7, 11) is 2.01. The first-order chi connectivity index (χ1) is 6.99. The van der Waals surface area contributed by atoms with Crippen LogP contribution in [-0.2, 0) is 4.79 Å². The number of aliphatic carboxylic acids is 1. The molecule has 0 aliphatic heterocycles. The maximum absolute atomic E-state index is 10.7. The molecule has 0 aromatic carbocycles. The van der Waals surface area contributed by atoms with Gasteiger partial charge in [0, 0.05) is 12.6 Å². The molecule has 0 aromatic heterocycles. The lowest BCUT2D eigenvalue weighted by molar-refractivity contribution is -0.141. The van der Waals surface area contributed by atoms with Gasteiger partial charge in [-0.15, -0.1) is 0 Å². The van der Waals surface area contributed by atoms with Gasteiger partial charge in [-0.1, -0.05) is 33.1 Å². The van der Waals surface area contributed by atoms with E-state index < -0.39 is 5.97 Å². The second kappa shape index (κ2) is 7.69. The van der Waals surface area contributed by atoms with Gasteiger partial charge in [-0.2, -0.15) is 0 Å². The highest BCUT2D eigenvalue weighted by molar-refractivity contribution is 5.69. The summed E-state index contributed by atoms with van der Waals surface area (Å²) in [6.07, 6.45) is 4.91. The number of rotatable bonds is 8. The predicted octanol–water partition coefficient (Wildman–Crippen LogP) is 2.61. The first-order valence-electron chi connectivity index (χ1n) is 5.92. The van der Waals surface area contributed by atoms with Gasteiger partial charge in [-0.25, -0.2) is 0 Å². The number of hydrogen-bond acceptors (Lipinski definition) is 2. The Morgan fingerprint density at radius 3 is 2.40 bits per heavy atom. The molecule has 90 valence electrons. The van der Waals surface area contributed by atoms with Gasteiger partial charge in [0.05, 0.1) is 5.92 Å². The van der Waals surface area contributed by atoms with Crippen LogP contribution in [0.4, 0.5) is 0 Å². The van der Waals surface area contributed by atoms with Crippen LogP contribution in [0, 0.1) is 5.92 Å². The van der Waals surface area contributed by atoms with Crippen LogP contribution in [-0.4, -0.2) is 35.6 Å². The number of hydrogen-bond donors (Lipinski definition) is 1. The van der Waals surface area contributed by atoms with Crippen molar-refractivity contribution in [2.75, 3.05) is 13.6 Å². The van der Waals surface area contributed by atoms with Crippen LogP contribution in [0.5, 0.6) is 0 Å². The fourth-order valence-corrected chi connectivity index (χ4v) is 1.60. The van der Waals surface area contributed by atoms with E-state index >= 15 is 0 Å². The molecule has 0 amide bonds. The molecule has 3 nitrogen and oxygen atoms in total. The van der Waals surface area contributed by atoms with Crippen molar-refractivity contribution in [2.24, 2.45) is 5.92 Å². The second-order valence-electron chi connectivity index (χ2n) is 4.52. The molecule has 0 fully saturated rings. The molecule has 0 heterocycles. The van der Waals surface area contributed by atoms with E-state index in [-0.39, 0.29) is 5.92 Å². The molecule has 15 heavy (non-hydrogen) atoms. The normalized spacial score (nSPS) is 15.3. The minimum atomic E-state index is -0.706. The summed E-state index contributed by atoms with van der Waals surface area (Å²) in [6.45, 7) is 6.77. The third-order valence-electron chi connectivity index (χ3n) is 2.96. The van der Waals surface area contributed by atoms with E-state index in [2.05, 4.69) is 18.7 Å². The molecule has 0 aromatic rings. The van der Waals surface area contributed by atoms with Crippen molar-refractivity contribution < 1.29 is 9.90 Å². The first-order valence-corrected chi connectivity index (χ1v) is 5.92. The van der Waals surface area contributed by atoms with E-state index in [0.29, 0.717) is 12.6 Å². The number of carboxylic acids is 1. The Hall–Kier alpha value is -0.570. The topological polar surface area (TPSA) is 40.5 Å². The fraction of sp³-hybridized carbons (Fsp3) is 0.917. The molecule has 0 saturated carbocycles. The lowest BCUT2D eigenvalue weighted by Gasteiger charge is -2.26. The van der Waals surface area contributed by atoms with E-state index in [1.54, 1.807) is 6.92 Å². The smallest absolute Gasteiger partial charge is 0.307 e. The van der Waals surface area contributed by atoms with Crippen LogP contribution in [0.15, 0.2) is 0 Å². The van der Waals surface area contributed by atoms with Gasteiger partial charge in [0.1, 0.15) is 0 Å². The van der Waals surface area contributed by atoms with Crippen LogP contribution in [0.1, 0.15) is 46.5 Å². The Bertz CT molecular complexity index is 182. The third-order valence-corrected chi connectivity index (χ3v) is 2.96. The highest BCUT2D eigenvalue weighted by Crippen LogP contribution is 2.10. The Labute approximate surface area is 93.5 Å². The quantitative estimate of drug-likeness (QED) is 0.633. The van der Waals surface area contributed by atoms with Gasteiger partial charge in [-0.3, -0.25) is 4.79 Å². The second-order valence-corrected chi connectivity index (χ2v) is 4.52. The average Bonchev–Trinajstić information content (AvgIpc) is 2.17. The minimum absolute atomic E-state index is 0.274. The molecule has 1 unspecified atom stereocenters. The lowest BCUT2D eigenvalue weighted by atomic mass is 10.1. The molecule has 2 atom stereocenters. The van der Waals surface area contributed by atoms with E-state index in [1.807, 2.05) is 7.05 Å². The zero-order valence-corrected chi connectivity index (χ0v) is 10.5. The first kappa shape index (κ1) is 14.4. The highest BCUT2D eigenvalue weighted by atomic mass is 16.4. The van der Waals surface area contributed by atoms with Crippen molar-refractivity contribution in [3.8, 4) is 0 Å². The molecule has 0 saturated heterocycles. The lowest BCUT2D eigenvalue weighted by Crippen LogP contribution is -2.35. The Kier molecular flexibility index (Phi) is 7.39. The van der Waals surface area contributed by atoms with Gasteiger partial charge < -0.3 is 10.0 Å². The zero-order valence-electron chi connectivity index (χ0n) is 10.5. The molecule has 0 aliphatic carbocycles. The van der Waals surface area contributed by atoms with Crippen molar-refractivity contribution in [2.45, 2.75) is 52.5 Å². The monoisotopic (exact) mass is 215 g/mol. The minimum Gasteiger partial charge on any atom is -0.481 e. The highest BCUT2D eigenvalue weighted by Gasteiger charge is 2.16. The van der Waals surface area contributed by atoms with Crippen molar-refractivity contribution in [1.29, 1.82) is 0 Å². The number of carbonyl (C=O) groups is 1. The molecule has 1 N–H and O–H groups in total. The third kappa shape index (κ3) is 6.50. The van der Waals surface area contributed by atoms with Crippen LogP contribution in [0.25, 0.3) is 0 Å². The van der Waals surface area contributed by atoms with Crippen molar-refractivity contribution in [3.63, 3.8) is 0 Å². The molecular weight excluding hydrogens is 190 g/mol. The molecule has 0 aliphatic rings. The van der Waals surface area contributed by atoms with E-state index in [4.69, 9.17) is 5.11 Å². The van der Waals surface area contributed by atoms with Crippen molar-refractivity contribution >= 4 is 5.97 Å². The average molecular weight is 215 g/mol. The van der Waals surface area contributed by atoms with Gasteiger partial charge in [-0.05, 0) is 20.4 Å². The summed E-state index contributed by atoms with van der Waals surface area (Å²) in [5.74, 6) is -0.980. The molecular formula is C12H25NO2. The largest absolute Gasteiger partial charge is 0.481 e. The standard InChI is InChI=1S/C12H25NO2/c1-5-6-7-8-11(3)13(4)9-10(2)12(14)15/h10-11H,5-9H2,1-4H3,(H,14,15)/t10-,11?/m1/s1. The van der Waals surface area contributed by atoms with Gasteiger partial charge in [0.15, 0.2) is 0 Å². The van der Waals surface area contributed by atoms with E-state index in [0.717, 1.165) is 6.42 Å². The van der Waals surface area contributed by atoms with Crippen molar-refractivity contribution in [1.82, 2.24) is 4.90 Å². The summed E-state index contributed by atoms with van der Waals surface area (Å²) in [5.41, 5.74) is 0. The molecule has 0 rings (SSSR count). The molecule has 3 heteroatoms. The fourth-order valence-electron chi connectivity index (χ4n) is 1.60. The molecule has 0 radical (unpaired) electrons. The van der Waals surface area contributed by atoms with Gasteiger partial charge in [0.25, 0.3) is 0 Å². The summed E-state index contributed by atoms with van der Waals surface area (Å²) >= 11 is 0. The van der Waals surface area contributed by atoms with Crippen LogP contribution < -0.4 is 0 Å². The van der Waals surface area contributed by atoms with E-state index in [9.17, 15) is 4.79 Å². The Morgan fingerprint density at radius 2 is 1.93 bits per heavy atom. The maximum Gasteiger partial charge on any atom is 0.307 e. The summed E-state index contributed by atoms with van der Waals surface area (Å²) in [5, 5.41) is 8.80. The van der Waals surface area contributed by atoms with Gasteiger partial charge in [0.2, 0.25) is 0 Å². The number of unbranched alkanes of at least 4 members (excludes halogenated alkanes) is 2. The SMILES string of the molecule is CCCCCC(C)N(C)C[C@@H](C)C(=O)O. The Balaban J connectivity index is 3.77. The molecule has 0 spiro atoms. The number of carboxylic acid groups (broad SMARTS) is 1. The van der Waals surface area contributed by atoms with Crippen molar-refractivity contribution in [3.05, 3.63) is 0 Å². The van der Waals surface area contributed by atoms with Crippen LogP contribution in [0.3, 0.4) is 0 Å². The predicted molar refractivity (Wildman–Crippen MR) is 63.0 cm³/mol. The maximum atomic E-state index is 10.7. The number of nitrogens with zero attached hydrogens (tertiary/aromatic N) is 1. The zero-order chi connectivity index (χ0) is 11.8. The summed E-state index contributed by atoms with van der Waals surface area (Å²) in [6, 6.07) is 0.485. The van der Waals surface area contributed by atoms with Crippen LogP contribution >= 0.6 is 0 Å². The summed E-state index contributed by atoms with van der Waals surface area (Å²) < 4.78 is 0. The Morgan fingerprint density at radius 1 is 1.33 bits per heavy atom. The van der Waals surface area contributed by atoms with Gasteiger partial charge >= 0.3 is 5.97 Å². The summed E-state index contributed by atoms with van der Waals surface area (Å²) in [4.78, 5) is 12.8. The van der Waals surface area contributed by atoms with E-state index in [1.165, 1.54) is 19.3 Å².